The van der Waals surface area contributed by atoms with Crippen molar-refractivity contribution in [1.29, 1.82) is 0 Å². The van der Waals surface area contributed by atoms with Gasteiger partial charge < -0.3 is 0 Å². The van der Waals surface area contributed by atoms with Crippen LogP contribution in [0.1, 0.15) is 12.1 Å². The van der Waals surface area contributed by atoms with Gasteiger partial charge in [0.05, 0.1) is 0 Å². The molecule has 0 unspecified atom stereocenters. The summed E-state index contributed by atoms with van der Waals surface area (Å²) in [5, 5.41) is 0. The third-order valence-corrected chi connectivity index (χ3v) is 2.75. The molecule has 0 radical (unpaired) electrons. The number of halogens is 2. The van der Waals surface area contributed by atoms with Crippen molar-refractivity contribution in [3.8, 4) is 0 Å². The van der Waals surface area contributed by atoms with Crippen molar-refractivity contribution in [2.75, 3.05) is 0 Å². The fraction of sp³-hybridized carbons (Fsp3) is 0.182. The number of nitrogens with zero attached hydrogens (tertiary/aromatic N) is 1. The average molecular weight is 281 g/mol. The molecule has 0 spiro atoms. The number of rotatable bonds is 2. The summed E-state index contributed by atoms with van der Waals surface area (Å²) in [5.74, 6) is 0. The number of aromatic nitrogens is 1. The molecular formula is C11H12Cl2CrN. The van der Waals surface area contributed by atoms with Crippen molar-refractivity contribution in [3.05, 3.63) is 52.3 Å². The molecular weight excluding hydrogens is 269 g/mol. The Bertz CT molecular complexity index is 360. The maximum atomic E-state index is 4.29. The van der Waals surface area contributed by atoms with E-state index in [2.05, 4.69) is 39.5 Å². The van der Waals surface area contributed by atoms with Crippen LogP contribution in [-0.2, 0) is 22.7 Å². The molecule has 1 aromatic rings. The van der Waals surface area contributed by atoms with Gasteiger partial charge in [0.15, 0.2) is 0 Å². The SMILES string of the molecule is Cl.Cl.[Cr][C]1=C(Cc2ccccn2)C=CC1. The molecule has 0 N–H and O–H groups in total. The first kappa shape index (κ1) is 14.7. The molecule has 0 saturated heterocycles. The van der Waals surface area contributed by atoms with Gasteiger partial charge in [0, 0.05) is 0 Å². The second kappa shape index (κ2) is 7.09. The van der Waals surface area contributed by atoms with Gasteiger partial charge in [-0.1, -0.05) is 0 Å². The summed E-state index contributed by atoms with van der Waals surface area (Å²) in [4.78, 5) is 4.29. The van der Waals surface area contributed by atoms with Gasteiger partial charge in [-0.05, 0) is 0 Å². The quantitative estimate of drug-likeness (QED) is 0.811. The topological polar surface area (TPSA) is 12.9 Å². The Morgan fingerprint density at radius 1 is 1.27 bits per heavy atom. The van der Waals surface area contributed by atoms with E-state index in [4.69, 9.17) is 0 Å². The average Bonchev–Trinajstić information content (AvgIpc) is 2.54. The van der Waals surface area contributed by atoms with Gasteiger partial charge in [-0.25, -0.2) is 0 Å². The first-order valence-electron chi connectivity index (χ1n) is 4.32. The van der Waals surface area contributed by atoms with E-state index in [1.54, 1.807) is 0 Å². The van der Waals surface area contributed by atoms with Gasteiger partial charge in [-0.3, -0.25) is 0 Å². The van der Waals surface area contributed by atoms with Gasteiger partial charge in [0.1, 0.15) is 0 Å². The maximum absolute atomic E-state index is 4.29. The Hall–Kier alpha value is -0.258. The fourth-order valence-corrected chi connectivity index (χ4v) is 1.76. The molecule has 0 bridgehead atoms. The molecule has 0 atom stereocenters. The fourth-order valence-electron chi connectivity index (χ4n) is 1.39. The van der Waals surface area contributed by atoms with Crippen LogP contribution in [0.25, 0.3) is 0 Å². The molecule has 15 heavy (non-hydrogen) atoms. The molecule has 1 heterocycles. The molecule has 0 fully saturated rings. The first-order chi connectivity index (χ1) is 6.36. The molecule has 81 valence electrons. The molecule has 0 aromatic carbocycles. The van der Waals surface area contributed by atoms with E-state index < -0.39 is 0 Å². The summed E-state index contributed by atoms with van der Waals surface area (Å²) >= 11 is 3.10. The van der Waals surface area contributed by atoms with Crippen LogP contribution in [0.2, 0.25) is 0 Å². The van der Waals surface area contributed by atoms with Gasteiger partial charge >= 0.3 is 86.4 Å². The normalized spacial score (nSPS) is 13.3. The first-order valence-corrected chi connectivity index (χ1v) is 4.95. The number of allylic oxidation sites excluding steroid dienone is 4. The van der Waals surface area contributed by atoms with E-state index in [0.717, 1.165) is 18.5 Å². The predicted octanol–water partition coefficient (Wildman–Crippen LogP) is 3.23. The zero-order valence-corrected chi connectivity index (χ0v) is 11.0. The Balaban J connectivity index is 0.000000980. The summed E-state index contributed by atoms with van der Waals surface area (Å²) < 4.78 is 1.35. The second-order valence-electron chi connectivity index (χ2n) is 3.05. The van der Waals surface area contributed by atoms with Crippen molar-refractivity contribution in [2.45, 2.75) is 12.8 Å². The Labute approximate surface area is 111 Å². The van der Waals surface area contributed by atoms with Crippen LogP contribution in [0.3, 0.4) is 0 Å². The Morgan fingerprint density at radius 2 is 2.07 bits per heavy atom. The monoisotopic (exact) mass is 280 g/mol. The van der Waals surface area contributed by atoms with Gasteiger partial charge in [-0.15, -0.1) is 24.8 Å². The zero-order chi connectivity index (χ0) is 9.10. The van der Waals surface area contributed by atoms with E-state index in [1.807, 2.05) is 18.3 Å². The summed E-state index contributed by atoms with van der Waals surface area (Å²) in [6.07, 6.45) is 8.21. The van der Waals surface area contributed by atoms with E-state index >= 15 is 0 Å². The Kier molecular flexibility index (Phi) is 6.97. The van der Waals surface area contributed by atoms with E-state index in [9.17, 15) is 0 Å². The summed E-state index contributed by atoms with van der Waals surface area (Å²) in [7, 11) is 0. The number of hydrogen-bond donors (Lipinski definition) is 0. The summed E-state index contributed by atoms with van der Waals surface area (Å²) in [6, 6.07) is 6.04. The van der Waals surface area contributed by atoms with E-state index in [1.165, 1.54) is 10.0 Å². The minimum atomic E-state index is 0. The van der Waals surface area contributed by atoms with E-state index in [-0.39, 0.29) is 24.8 Å². The molecule has 0 aliphatic heterocycles. The Morgan fingerprint density at radius 3 is 2.60 bits per heavy atom. The van der Waals surface area contributed by atoms with Crippen LogP contribution < -0.4 is 0 Å². The zero-order valence-electron chi connectivity index (χ0n) is 8.05. The van der Waals surface area contributed by atoms with Crippen LogP contribution in [0.5, 0.6) is 0 Å². The third-order valence-electron chi connectivity index (χ3n) is 2.08. The van der Waals surface area contributed by atoms with E-state index in [0.29, 0.717) is 0 Å². The van der Waals surface area contributed by atoms with Crippen molar-refractivity contribution < 1.29 is 16.3 Å². The summed E-state index contributed by atoms with van der Waals surface area (Å²) in [6.45, 7) is 0. The van der Waals surface area contributed by atoms with Gasteiger partial charge in [0.25, 0.3) is 0 Å². The van der Waals surface area contributed by atoms with Gasteiger partial charge in [-0.2, -0.15) is 0 Å². The summed E-state index contributed by atoms with van der Waals surface area (Å²) in [5.41, 5.74) is 2.51. The van der Waals surface area contributed by atoms with Crippen LogP contribution in [0.15, 0.2) is 46.6 Å². The van der Waals surface area contributed by atoms with Crippen LogP contribution in [-0.4, -0.2) is 4.98 Å². The van der Waals surface area contributed by atoms with Crippen molar-refractivity contribution >= 4 is 24.8 Å². The molecule has 2 rings (SSSR count). The molecule has 1 aliphatic carbocycles. The standard InChI is InChI=1S/C11H10N.2ClH.Cr/c1-2-6-10(5-1)9-11-7-3-4-8-12-11;;;/h1,3-5,7-8H,2,9H2;2*1H;. The molecule has 0 amide bonds. The molecule has 1 aliphatic rings. The van der Waals surface area contributed by atoms with Crippen LogP contribution >= 0.6 is 24.8 Å². The van der Waals surface area contributed by atoms with Crippen molar-refractivity contribution in [3.63, 3.8) is 0 Å². The van der Waals surface area contributed by atoms with Crippen molar-refractivity contribution in [2.24, 2.45) is 0 Å². The molecule has 0 saturated carbocycles. The molecule has 1 nitrogen and oxygen atoms in total. The third kappa shape index (κ3) is 4.01. The minimum absolute atomic E-state index is 0. The second-order valence-corrected chi connectivity index (χ2v) is 3.82. The molecule has 4 heteroatoms. The number of hydrogen-bond acceptors (Lipinski definition) is 1. The van der Waals surface area contributed by atoms with Crippen molar-refractivity contribution in [1.82, 2.24) is 4.98 Å². The predicted molar refractivity (Wildman–Crippen MR) is 63.2 cm³/mol. The van der Waals surface area contributed by atoms with Gasteiger partial charge in [0.2, 0.25) is 0 Å². The molecule has 1 aromatic heterocycles. The van der Waals surface area contributed by atoms with Crippen LogP contribution in [0.4, 0.5) is 0 Å². The number of pyridine rings is 1. The van der Waals surface area contributed by atoms with Crippen LogP contribution in [0, 0.1) is 0 Å².